The van der Waals surface area contributed by atoms with Crippen LogP contribution in [0.1, 0.15) is 15.9 Å². The zero-order chi connectivity index (χ0) is 21.8. The molecule has 2 aromatic rings. The van der Waals surface area contributed by atoms with Crippen molar-refractivity contribution in [3.63, 3.8) is 0 Å². The van der Waals surface area contributed by atoms with Gasteiger partial charge in [-0.3, -0.25) is 4.79 Å². The average Bonchev–Trinajstić information content (AvgIpc) is 2.60. The summed E-state index contributed by atoms with van der Waals surface area (Å²) in [6, 6.07) is 4.42. The first-order chi connectivity index (χ1) is 13.2. The van der Waals surface area contributed by atoms with Crippen LogP contribution in [0, 0.1) is 5.82 Å². The summed E-state index contributed by atoms with van der Waals surface area (Å²) in [6.07, 6.45) is 1.57. The van der Waals surface area contributed by atoms with Crippen LogP contribution in [0.5, 0.6) is 0 Å². The summed E-state index contributed by atoms with van der Waals surface area (Å²) in [5, 5.41) is 79.4. The van der Waals surface area contributed by atoms with Gasteiger partial charge in [0.1, 0.15) is 5.82 Å². The van der Waals surface area contributed by atoms with Gasteiger partial charge in [-0.25, -0.2) is 24.6 Å². The molecule has 13 nitrogen and oxygen atoms in total. The Hall–Kier alpha value is -2.66. The predicted octanol–water partition coefficient (Wildman–Crippen LogP) is -4.19. The van der Waals surface area contributed by atoms with E-state index in [2.05, 4.69) is 9.97 Å². The highest BCUT2D eigenvalue weighted by molar-refractivity contribution is 6.08. The molecule has 1 aliphatic rings. The zero-order valence-electron chi connectivity index (χ0n) is 14.2. The summed E-state index contributed by atoms with van der Waals surface area (Å²) in [7, 11) is 0. The third kappa shape index (κ3) is 3.23. The molecule has 0 aliphatic carbocycles. The molecule has 1 aromatic carbocycles. The summed E-state index contributed by atoms with van der Waals surface area (Å²) in [6.45, 7) is 0. The Morgan fingerprint density at radius 1 is 0.828 bits per heavy atom. The van der Waals surface area contributed by atoms with Crippen LogP contribution >= 0.6 is 0 Å². The van der Waals surface area contributed by atoms with Crippen LogP contribution < -0.4 is 10.2 Å². The molecule has 0 spiro atoms. The standard InChI is InChI=1S/C15H15FN4O9/c16-9-3-1-7(2-4-9)10(21)8-5-17-11(18-6-8)20-14(26,27)12(22,23)19-13(24,25)15(20,28)29/h1-6,19,22-29H. The molecule has 29 heavy (non-hydrogen) atoms. The smallest absolute Gasteiger partial charge is 0.326 e. The van der Waals surface area contributed by atoms with Crippen molar-refractivity contribution in [2.45, 2.75) is 23.6 Å². The van der Waals surface area contributed by atoms with Crippen molar-refractivity contribution in [2.75, 3.05) is 4.90 Å². The van der Waals surface area contributed by atoms with Crippen LogP contribution in [0.25, 0.3) is 0 Å². The molecule has 9 N–H and O–H groups in total. The summed E-state index contributed by atoms with van der Waals surface area (Å²) in [5.41, 5.74) is -0.145. The highest BCUT2D eigenvalue weighted by atomic mass is 19.1. The van der Waals surface area contributed by atoms with E-state index < -0.39 is 46.1 Å². The van der Waals surface area contributed by atoms with Crippen LogP contribution in [0.3, 0.4) is 0 Å². The summed E-state index contributed by atoms with van der Waals surface area (Å²) in [4.78, 5) is 18.8. The van der Waals surface area contributed by atoms with Crippen molar-refractivity contribution < 1.29 is 50.0 Å². The number of hydrogen-bond acceptors (Lipinski definition) is 13. The van der Waals surface area contributed by atoms with E-state index in [1.165, 1.54) is 12.1 Å². The topological polar surface area (TPSA) is 220 Å². The van der Waals surface area contributed by atoms with Gasteiger partial charge in [-0.15, -0.1) is 0 Å². The highest BCUT2D eigenvalue weighted by Crippen LogP contribution is 2.38. The fourth-order valence-corrected chi connectivity index (χ4v) is 2.54. The Morgan fingerprint density at radius 2 is 1.28 bits per heavy atom. The zero-order valence-corrected chi connectivity index (χ0v) is 14.2. The lowest BCUT2D eigenvalue weighted by Gasteiger charge is -2.55. The van der Waals surface area contributed by atoms with Crippen molar-refractivity contribution in [3.8, 4) is 0 Å². The molecule has 0 unspecified atom stereocenters. The van der Waals surface area contributed by atoms with E-state index in [1.807, 2.05) is 0 Å². The molecule has 2 heterocycles. The lowest BCUT2D eigenvalue weighted by molar-refractivity contribution is -0.491. The summed E-state index contributed by atoms with van der Waals surface area (Å²) < 4.78 is 13.0. The second-order valence-corrected chi connectivity index (χ2v) is 6.18. The molecule has 0 saturated carbocycles. The minimum Gasteiger partial charge on any atom is -0.347 e. The van der Waals surface area contributed by atoms with Crippen LogP contribution in [0.4, 0.5) is 10.3 Å². The second kappa shape index (κ2) is 6.42. The number of aromatic nitrogens is 2. The summed E-state index contributed by atoms with van der Waals surface area (Å²) >= 11 is 0. The molecule has 14 heteroatoms. The van der Waals surface area contributed by atoms with Crippen LogP contribution in [0.2, 0.25) is 0 Å². The largest absolute Gasteiger partial charge is 0.347 e. The second-order valence-electron chi connectivity index (χ2n) is 6.18. The molecular formula is C15H15FN4O9. The Kier molecular flexibility index (Phi) is 4.67. The number of aliphatic hydroxyl groups is 8. The van der Waals surface area contributed by atoms with Gasteiger partial charge in [-0.05, 0) is 24.3 Å². The number of ketones is 1. The highest BCUT2D eigenvalue weighted by Gasteiger charge is 2.73. The molecule has 156 valence electrons. The molecule has 0 bridgehead atoms. The lowest BCUT2D eigenvalue weighted by Crippen LogP contribution is -2.90. The quantitative estimate of drug-likeness (QED) is 0.172. The first kappa shape index (κ1) is 21.1. The van der Waals surface area contributed by atoms with E-state index in [0.29, 0.717) is 0 Å². The number of benzene rings is 1. The Labute approximate surface area is 160 Å². The molecule has 1 fully saturated rings. The van der Waals surface area contributed by atoms with Crippen molar-refractivity contribution in [1.82, 2.24) is 15.3 Å². The van der Waals surface area contributed by atoms with Crippen molar-refractivity contribution in [2.24, 2.45) is 0 Å². The van der Waals surface area contributed by atoms with Gasteiger partial charge in [-0.1, -0.05) is 0 Å². The average molecular weight is 414 g/mol. The minimum atomic E-state index is -4.01. The van der Waals surface area contributed by atoms with Crippen molar-refractivity contribution in [1.29, 1.82) is 0 Å². The summed E-state index contributed by atoms with van der Waals surface area (Å²) in [5.74, 6) is -18.2. The number of piperazine rings is 1. The normalized spacial score (nSPS) is 21.6. The van der Waals surface area contributed by atoms with E-state index in [9.17, 15) is 50.0 Å². The molecular weight excluding hydrogens is 399 g/mol. The maximum Gasteiger partial charge on any atom is 0.326 e. The molecule has 1 aliphatic heterocycles. The number of halogens is 1. The molecule has 1 saturated heterocycles. The Balaban J connectivity index is 2.01. The number of carbonyl (C=O) groups is 1. The van der Waals surface area contributed by atoms with Gasteiger partial charge < -0.3 is 40.9 Å². The van der Waals surface area contributed by atoms with Gasteiger partial charge in [0.15, 0.2) is 5.78 Å². The first-order valence-corrected chi connectivity index (χ1v) is 7.72. The SMILES string of the molecule is O=C(c1ccc(F)cc1)c1cnc(N2C(O)(O)C(O)(O)NC(O)(O)C2(O)O)nc1. The maximum atomic E-state index is 13.0. The van der Waals surface area contributed by atoms with Crippen molar-refractivity contribution in [3.05, 3.63) is 53.6 Å². The fraction of sp³-hybridized carbons (Fsp3) is 0.267. The Bertz CT molecular complexity index is 906. The van der Waals surface area contributed by atoms with Gasteiger partial charge in [0.25, 0.3) is 0 Å². The van der Waals surface area contributed by atoms with Gasteiger partial charge >= 0.3 is 23.6 Å². The number of rotatable bonds is 3. The van der Waals surface area contributed by atoms with Gasteiger partial charge in [0.05, 0.1) is 5.56 Å². The molecule has 1 aromatic heterocycles. The maximum absolute atomic E-state index is 13.0. The van der Waals surface area contributed by atoms with E-state index in [-0.39, 0.29) is 11.1 Å². The molecule has 0 radical (unpaired) electrons. The molecule has 0 amide bonds. The number of carbonyl (C=O) groups excluding carboxylic acids is 1. The third-order valence-corrected chi connectivity index (χ3v) is 4.11. The van der Waals surface area contributed by atoms with Crippen LogP contribution in [0.15, 0.2) is 36.7 Å². The number of hydrogen-bond donors (Lipinski definition) is 9. The third-order valence-electron chi connectivity index (χ3n) is 4.11. The van der Waals surface area contributed by atoms with E-state index in [4.69, 9.17) is 0 Å². The van der Waals surface area contributed by atoms with Crippen LogP contribution in [-0.4, -0.2) is 80.2 Å². The first-order valence-electron chi connectivity index (χ1n) is 7.72. The van der Waals surface area contributed by atoms with Gasteiger partial charge in [0, 0.05) is 18.0 Å². The number of anilines is 1. The van der Waals surface area contributed by atoms with Crippen molar-refractivity contribution >= 4 is 11.7 Å². The van der Waals surface area contributed by atoms with Gasteiger partial charge in [-0.2, -0.15) is 0 Å². The fourth-order valence-electron chi connectivity index (χ4n) is 2.54. The lowest BCUT2D eigenvalue weighted by atomic mass is 10.1. The van der Waals surface area contributed by atoms with E-state index in [0.717, 1.165) is 29.8 Å². The van der Waals surface area contributed by atoms with Crippen LogP contribution in [-0.2, 0) is 0 Å². The van der Waals surface area contributed by atoms with E-state index >= 15 is 0 Å². The number of nitrogens with one attached hydrogen (secondary N) is 1. The minimum absolute atomic E-state index is 0.0525. The van der Waals surface area contributed by atoms with E-state index in [1.54, 1.807) is 0 Å². The predicted molar refractivity (Wildman–Crippen MR) is 86.2 cm³/mol. The number of nitrogens with zero attached hydrogens (tertiary/aromatic N) is 3. The Morgan fingerprint density at radius 3 is 1.72 bits per heavy atom. The molecule has 3 rings (SSSR count). The molecule has 0 atom stereocenters. The van der Waals surface area contributed by atoms with Gasteiger partial charge in [0.2, 0.25) is 5.95 Å². The monoisotopic (exact) mass is 414 g/mol.